The average Bonchev–Trinajstić information content (AvgIpc) is 0.777. The number of aromatic hydroxyl groups is 3. The summed E-state index contributed by atoms with van der Waals surface area (Å²) in [5, 5.41) is 31.4. The number of aryl methyl sites for hydroxylation is 7. The van der Waals surface area contributed by atoms with E-state index in [0.717, 1.165) is 76.5 Å². The van der Waals surface area contributed by atoms with E-state index in [9.17, 15) is 58.5 Å². The molecule has 14 aromatic carbocycles. The maximum Gasteiger partial charge on any atom is 0.196 e. The second-order valence-corrected chi connectivity index (χ2v) is 35.7. The van der Waals surface area contributed by atoms with Gasteiger partial charge in [-0.2, -0.15) is 0 Å². The van der Waals surface area contributed by atoms with E-state index in [1.165, 1.54) is 6.07 Å². The number of carbonyl (C=O) groups excluding carboxylic acids is 9. The van der Waals surface area contributed by atoms with Crippen molar-refractivity contribution in [1.82, 2.24) is 0 Å². The quantitative estimate of drug-likeness (QED) is 0.0387. The van der Waals surface area contributed by atoms with Crippen LogP contribution in [0.2, 0.25) is 15.1 Å². The number of ketones is 9. The van der Waals surface area contributed by atoms with Crippen molar-refractivity contribution in [3.63, 3.8) is 0 Å². The van der Waals surface area contributed by atoms with Gasteiger partial charge in [-0.3, -0.25) is 43.2 Å². The first-order chi connectivity index (χ1) is 63.1. The summed E-state index contributed by atoms with van der Waals surface area (Å²) < 4.78 is 0. The number of phenolic OH excluding ortho intramolecular Hbond substituents is 3. The lowest BCUT2D eigenvalue weighted by Gasteiger charge is -2.25. The molecule has 14 aromatic rings. The Balaban J connectivity index is 0.000000118. The minimum Gasteiger partial charge on any atom is -0.507 e. The number of anilines is 6. The summed E-state index contributed by atoms with van der Waals surface area (Å²) in [4.78, 5) is 116. The number of hydrogen-bond donors (Lipinski definition) is 9. The number of nitrogen functional groups attached to an aromatic ring is 6. The number of thiocarbonyl (C=S) groups is 5. The van der Waals surface area contributed by atoms with Crippen molar-refractivity contribution in [2.24, 2.45) is 0 Å². The molecule has 7 aliphatic rings. The second kappa shape index (κ2) is 36.4. The summed E-state index contributed by atoms with van der Waals surface area (Å²) in [6.45, 7) is 16.5. The summed E-state index contributed by atoms with van der Waals surface area (Å²) in [6, 6.07) is 61.3. The maximum atomic E-state index is 12.6. The first-order valence-corrected chi connectivity index (χ1v) is 44.3. The minimum atomic E-state index is -0.253. The van der Waals surface area contributed by atoms with Gasteiger partial charge in [0.1, 0.15) is 17.2 Å². The standard InChI is InChI=1S/C16H11ClO2.C16H12O2S.C15H8Cl2O2.2C15H12N2O2.C15H12N2S2.C15H10O2S2/c2*1-8-7-12(17)14-13(9(8)2)15(18)10-5-3-4-6-11(10)16(14)19;5*1-7-6-10(16)11-12(13(7)17)15(19)9-5-3-2-4-8(9)14(11)18/h3-7H,1-2H3;3-7,17H,1-2H3;2-6H,1H3;3*2-6H,16-17H2,1H3;2-6,16-17H,1H3. The van der Waals surface area contributed by atoms with Gasteiger partial charge in [0, 0.05) is 151 Å². The van der Waals surface area contributed by atoms with E-state index in [-0.39, 0.29) is 108 Å². The van der Waals surface area contributed by atoms with E-state index in [4.69, 9.17) is 130 Å². The molecular weight excluding hydrogens is 1830 g/mol. The Bertz CT molecular complexity index is 6520. The highest BCUT2D eigenvalue weighted by atomic mass is 35.5. The normalized spacial score (nSPS) is 13.1. The second-order valence-electron chi connectivity index (χ2n) is 32.5. The van der Waals surface area contributed by atoms with Gasteiger partial charge >= 0.3 is 0 Å². The highest BCUT2D eigenvalue weighted by Crippen LogP contribution is 2.46. The highest BCUT2D eigenvalue weighted by molar-refractivity contribution is 7.83. The number of benzene rings is 14. The van der Waals surface area contributed by atoms with Crippen LogP contribution in [0.3, 0.4) is 0 Å². The van der Waals surface area contributed by atoms with Gasteiger partial charge in [0.05, 0.1) is 78.3 Å². The molecule has 0 unspecified atom stereocenters. The molecule has 0 fully saturated rings. The lowest BCUT2D eigenvalue weighted by Crippen LogP contribution is -2.24. The summed E-state index contributed by atoms with van der Waals surface area (Å²) in [6.07, 6.45) is 0. The molecule has 26 heteroatoms. The van der Waals surface area contributed by atoms with E-state index in [2.05, 4.69) is 0 Å². The summed E-state index contributed by atoms with van der Waals surface area (Å²) in [5.41, 5.74) is 59.6. The van der Waals surface area contributed by atoms with Crippen molar-refractivity contribution < 1.29 is 58.5 Å². The number of nitrogens with two attached hydrogens (primary N) is 6. The van der Waals surface area contributed by atoms with Crippen LogP contribution in [0.4, 0.5) is 34.1 Å². The Morgan fingerprint density at radius 2 is 0.436 bits per heavy atom. The van der Waals surface area contributed by atoms with Crippen molar-refractivity contribution in [2.75, 3.05) is 34.4 Å². The smallest absolute Gasteiger partial charge is 0.196 e. The molecule has 0 saturated carbocycles. The van der Waals surface area contributed by atoms with E-state index < -0.39 is 0 Å². The first kappa shape index (κ1) is 93.3. The maximum absolute atomic E-state index is 12.6. The zero-order valence-corrected chi connectivity index (χ0v) is 78.7. The number of halogens is 3. The van der Waals surface area contributed by atoms with E-state index in [0.29, 0.717) is 164 Å². The van der Waals surface area contributed by atoms with Crippen LogP contribution in [0.5, 0.6) is 17.2 Å². The molecule has 15 N–H and O–H groups in total. The van der Waals surface area contributed by atoms with Gasteiger partial charge < -0.3 is 49.7 Å². The molecule has 7 aliphatic carbocycles. The van der Waals surface area contributed by atoms with Crippen molar-refractivity contribution >= 4 is 206 Å². The lowest BCUT2D eigenvalue weighted by atomic mass is 9.81. The fraction of sp³-hybridized carbons (Fsp3) is 0.0841. The van der Waals surface area contributed by atoms with Crippen LogP contribution in [0.25, 0.3) is 0 Å². The molecule has 133 heavy (non-hydrogen) atoms. The first-order valence-electron chi connectivity index (χ1n) is 41.2. The molecule has 0 bridgehead atoms. The topological polar surface area (TPSA) is 370 Å². The molecule has 21 rings (SSSR count). The molecule has 0 amide bonds. The van der Waals surface area contributed by atoms with Crippen LogP contribution >= 0.6 is 95.9 Å². The Morgan fingerprint density at radius 1 is 0.218 bits per heavy atom. The number of carbonyl (C=O) groups is 9. The predicted octanol–water partition coefficient (Wildman–Crippen LogP) is 21.3. The third-order valence-corrected chi connectivity index (χ3v) is 27.6. The average molecular weight is 1910 g/mol. The molecule has 18 nitrogen and oxygen atoms in total. The van der Waals surface area contributed by atoms with E-state index >= 15 is 0 Å². The van der Waals surface area contributed by atoms with Gasteiger partial charge in [0.2, 0.25) is 0 Å². The monoisotopic (exact) mass is 1900 g/mol. The molecule has 0 radical (unpaired) electrons. The SMILES string of the molecule is Cc1cc(Cl)c2c(c1C)C(=O)c1ccccc1C2=O.Cc1cc(Cl)c2c(c1Cl)C(=O)c1ccccc1C2=O.Cc1cc(N)c2c(c1N)C(=O)c1ccccc1C2=O.Cc1cc(N)c2c(c1N)C(=O)c1ccccc1C2=O.Cc1cc(N)c2c(c1N)C(=S)c1ccccc1C2=S.Cc1cc(O)c2c(c1C)C(=O)c1ccccc1C2=S.Cc1cc(O)c2c(c1O)C(=S)c1ccccc1C2=S. The molecule has 0 atom stereocenters. The number of rotatable bonds is 0. The van der Waals surface area contributed by atoms with Crippen LogP contribution in [0.1, 0.15) is 249 Å². The zero-order chi connectivity index (χ0) is 96.1. The molecular formula is C107H77Cl3N6O12S5. The van der Waals surface area contributed by atoms with Gasteiger partial charge in [-0.25, -0.2) is 0 Å². The third kappa shape index (κ3) is 15.9. The Morgan fingerprint density at radius 3 is 0.789 bits per heavy atom. The Kier molecular flexibility index (Phi) is 25.5. The molecule has 0 heterocycles. The number of hydrogen-bond acceptors (Lipinski definition) is 23. The van der Waals surface area contributed by atoms with Crippen molar-refractivity contribution in [2.45, 2.75) is 62.3 Å². The zero-order valence-electron chi connectivity index (χ0n) is 72.4. The van der Waals surface area contributed by atoms with Gasteiger partial charge in [-0.15, -0.1) is 0 Å². The van der Waals surface area contributed by atoms with Crippen LogP contribution in [0, 0.1) is 62.3 Å². The minimum absolute atomic E-state index is 0.0595. The van der Waals surface area contributed by atoms with E-state index in [1.807, 2.05) is 107 Å². The molecule has 0 aromatic heterocycles. The molecule has 658 valence electrons. The largest absolute Gasteiger partial charge is 0.507 e. The van der Waals surface area contributed by atoms with Crippen LogP contribution in [0.15, 0.2) is 212 Å². The summed E-state index contributed by atoms with van der Waals surface area (Å²) >= 11 is 45.9. The summed E-state index contributed by atoms with van der Waals surface area (Å²) in [7, 11) is 0. The Labute approximate surface area is 805 Å². The van der Waals surface area contributed by atoms with Crippen molar-refractivity contribution in [3.05, 3.63) is 433 Å². The van der Waals surface area contributed by atoms with Crippen LogP contribution < -0.4 is 34.4 Å². The fourth-order valence-corrected chi connectivity index (χ4v) is 20.1. The Hall–Kier alpha value is -14.4. The van der Waals surface area contributed by atoms with E-state index in [1.54, 1.807) is 161 Å². The predicted molar refractivity (Wildman–Crippen MR) is 544 cm³/mol. The number of phenols is 3. The van der Waals surface area contributed by atoms with Crippen molar-refractivity contribution in [3.8, 4) is 17.2 Å². The highest BCUT2D eigenvalue weighted by Gasteiger charge is 2.40. The fourth-order valence-electron chi connectivity index (χ4n) is 17.3. The van der Waals surface area contributed by atoms with Crippen LogP contribution in [-0.4, -0.2) is 91.7 Å². The van der Waals surface area contributed by atoms with Crippen molar-refractivity contribution in [1.29, 1.82) is 0 Å². The third-order valence-electron chi connectivity index (χ3n) is 24.4. The van der Waals surface area contributed by atoms with Gasteiger partial charge in [0.15, 0.2) is 52.0 Å². The molecule has 0 spiro atoms. The molecule has 0 aliphatic heterocycles. The van der Waals surface area contributed by atoms with Gasteiger partial charge in [0.25, 0.3) is 0 Å². The number of fused-ring (bicyclic) bond motifs is 14. The molecule has 0 saturated heterocycles. The van der Waals surface area contributed by atoms with Gasteiger partial charge in [-0.1, -0.05) is 266 Å². The summed E-state index contributed by atoms with van der Waals surface area (Å²) in [5.74, 6) is -1.56. The van der Waals surface area contributed by atoms with Gasteiger partial charge in [-0.05, 0) is 155 Å². The lowest BCUT2D eigenvalue weighted by molar-refractivity contribution is 0.0978. The van der Waals surface area contributed by atoms with Crippen LogP contribution in [-0.2, 0) is 0 Å².